The fraction of sp³-hybridized carbons (Fsp3) is 0.400. The molecule has 0 bridgehead atoms. The molecule has 2 atom stereocenters. The van der Waals surface area contributed by atoms with Gasteiger partial charge in [0.1, 0.15) is 12.4 Å². The molecule has 2 aliphatic rings. The lowest BCUT2D eigenvalue weighted by atomic mass is 10.1. The zero-order valence-electron chi connectivity index (χ0n) is 17.0. The number of carbonyl (C=O) groups is 2. The first-order valence-corrected chi connectivity index (χ1v) is 12.6. The van der Waals surface area contributed by atoms with Crippen LogP contribution in [0.25, 0.3) is 0 Å². The molecule has 1 aromatic carbocycles. The fourth-order valence-electron chi connectivity index (χ4n) is 3.85. The van der Waals surface area contributed by atoms with Gasteiger partial charge in [0.05, 0.1) is 28.1 Å². The van der Waals surface area contributed by atoms with Crippen LogP contribution in [0.1, 0.15) is 25.1 Å². The van der Waals surface area contributed by atoms with Gasteiger partial charge in [-0.15, -0.1) is 16.8 Å². The monoisotopic (exact) mass is 461 g/mol. The molecule has 4 rings (SSSR count). The molecule has 11 heteroatoms. The normalized spacial score (nSPS) is 20.7. The van der Waals surface area contributed by atoms with Gasteiger partial charge in [-0.25, -0.2) is 8.42 Å². The van der Waals surface area contributed by atoms with Crippen molar-refractivity contribution in [3.63, 3.8) is 0 Å². The predicted octanol–water partition coefficient (Wildman–Crippen LogP) is 1.83. The Kier molecular flexibility index (Phi) is 5.89. The van der Waals surface area contributed by atoms with Crippen LogP contribution in [0.3, 0.4) is 0 Å². The number of hydrogen-bond acceptors (Lipinski definition) is 7. The summed E-state index contributed by atoms with van der Waals surface area (Å²) in [5.41, 5.74) is 1.26. The van der Waals surface area contributed by atoms with Crippen molar-refractivity contribution in [2.75, 3.05) is 28.3 Å². The summed E-state index contributed by atoms with van der Waals surface area (Å²) in [4.78, 5) is 26.7. The molecule has 0 radical (unpaired) electrons. The van der Waals surface area contributed by atoms with Crippen LogP contribution in [0, 0.1) is 0 Å². The van der Waals surface area contributed by atoms with Gasteiger partial charge in [0.15, 0.2) is 15.0 Å². The number of aromatic nitrogens is 3. The number of fused-ring (bicyclic) bond motifs is 1. The molecule has 0 aliphatic carbocycles. The summed E-state index contributed by atoms with van der Waals surface area (Å²) in [6.45, 7) is 5.89. The Hall–Kier alpha value is -2.66. The fourth-order valence-corrected chi connectivity index (χ4v) is 6.51. The summed E-state index contributed by atoms with van der Waals surface area (Å²) in [5.74, 6) is 0.128. The van der Waals surface area contributed by atoms with Crippen LogP contribution in [-0.2, 0) is 26.0 Å². The number of amides is 2. The van der Waals surface area contributed by atoms with Gasteiger partial charge >= 0.3 is 0 Å². The number of benzene rings is 1. The molecule has 1 aromatic heterocycles. The van der Waals surface area contributed by atoms with E-state index in [9.17, 15) is 18.0 Å². The zero-order chi connectivity index (χ0) is 22.2. The highest BCUT2D eigenvalue weighted by atomic mass is 32.2. The average Bonchev–Trinajstić information content (AvgIpc) is 3.29. The molecule has 2 aromatic rings. The minimum atomic E-state index is -3.06. The van der Waals surface area contributed by atoms with E-state index in [1.807, 2.05) is 10.6 Å². The van der Waals surface area contributed by atoms with E-state index in [2.05, 4.69) is 22.1 Å². The standard InChI is InChI=1S/C20H23N5O4S2/c1-3-9-24-18(14-8-10-31(28,29)12-14)22-23-20(24)30-13(2)19(27)25-11-17(26)21-15-6-4-5-7-16(15)25/h3-7,13-14H,1,8-12H2,2H3,(H,21,26). The third-order valence-corrected chi connectivity index (χ3v) is 8.16. The zero-order valence-corrected chi connectivity index (χ0v) is 18.7. The first-order valence-electron chi connectivity index (χ1n) is 9.90. The van der Waals surface area contributed by atoms with Gasteiger partial charge in [-0.3, -0.25) is 14.5 Å². The molecule has 0 spiro atoms. The smallest absolute Gasteiger partial charge is 0.244 e. The van der Waals surface area contributed by atoms with Gasteiger partial charge in [0, 0.05) is 12.5 Å². The second-order valence-electron chi connectivity index (χ2n) is 7.59. The first-order chi connectivity index (χ1) is 14.8. The summed E-state index contributed by atoms with van der Waals surface area (Å²) in [6, 6.07) is 7.17. The summed E-state index contributed by atoms with van der Waals surface area (Å²) in [7, 11) is -3.06. The van der Waals surface area contributed by atoms with E-state index in [4.69, 9.17) is 0 Å². The molecule has 1 fully saturated rings. The first kappa shape index (κ1) is 21.6. The number of carbonyl (C=O) groups excluding carboxylic acids is 2. The number of allylic oxidation sites excluding steroid dienone is 1. The van der Waals surface area contributed by atoms with Crippen molar-refractivity contribution in [3.8, 4) is 0 Å². The molecule has 31 heavy (non-hydrogen) atoms. The molecule has 1 saturated heterocycles. The number of sulfone groups is 1. The molecule has 1 N–H and O–H groups in total. The maximum atomic E-state index is 13.2. The van der Waals surface area contributed by atoms with Crippen LogP contribution in [0.4, 0.5) is 11.4 Å². The maximum absolute atomic E-state index is 13.2. The van der Waals surface area contributed by atoms with E-state index >= 15 is 0 Å². The number of nitrogens with zero attached hydrogens (tertiary/aromatic N) is 4. The second-order valence-corrected chi connectivity index (χ2v) is 11.1. The van der Waals surface area contributed by atoms with E-state index in [-0.39, 0.29) is 35.8 Å². The van der Waals surface area contributed by atoms with Crippen molar-refractivity contribution in [1.82, 2.24) is 14.8 Å². The van der Waals surface area contributed by atoms with E-state index in [1.165, 1.54) is 16.7 Å². The summed E-state index contributed by atoms with van der Waals surface area (Å²) in [5, 5.41) is 11.2. The Morgan fingerprint density at radius 2 is 2.16 bits per heavy atom. The van der Waals surface area contributed by atoms with E-state index in [1.54, 1.807) is 31.2 Å². The van der Waals surface area contributed by atoms with Crippen LogP contribution < -0.4 is 10.2 Å². The highest BCUT2D eigenvalue weighted by molar-refractivity contribution is 8.00. The topological polar surface area (TPSA) is 114 Å². The highest BCUT2D eigenvalue weighted by Crippen LogP contribution is 2.34. The number of hydrogen-bond donors (Lipinski definition) is 1. The molecular weight excluding hydrogens is 438 g/mol. The van der Waals surface area contributed by atoms with Crippen molar-refractivity contribution in [3.05, 3.63) is 42.7 Å². The van der Waals surface area contributed by atoms with Gasteiger partial charge in [0.25, 0.3) is 0 Å². The largest absolute Gasteiger partial charge is 0.323 e. The quantitative estimate of drug-likeness (QED) is 0.516. The number of para-hydroxylation sites is 2. The Morgan fingerprint density at radius 3 is 2.87 bits per heavy atom. The third-order valence-electron chi connectivity index (χ3n) is 5.32. The minimum absolute atomic E-state index is 0.0503. The lowest BCUT2D eigenvalue weighted by Crippen LogP contribution is -2.45. The van der Waals surface area contributed by atoms with E-state index in [0.717, 1.165) is 0 Å². The third kappa shape index (κ3) is 4.38. The Balaban J connectivity index is 1.56. The Labute approximate surface area is 184 Å². The second kappa shape index (κ2) is 8.46. The van der Waals surface area contributed by atoms with Crippen LogP contribution in [-0.4, -0.2) is 58.3 Å². The summed E-state index contributed by atoms with van der Waals surface area (Å²) < 4.78 is 25.6. The summed E-state index contributed by atoms with van der Waals surface area (Å²) >= 11 is 1.24. The van der Waals surface area contributed by atoms with Gasteiger partial charge in [-0.2, -0.15) is 0 Å². The molecule has 164 valence electrons. The molecule has 2 amide bonds. The van der Waals surface area contributed by atoms with E-state index < -0.39 is 15.1 Å². The lowest BCUT2D eigenvalue weighted by Gasteiger charge is -2.30. The van der Waals surface area contributed by atoms with Crippen LogP contribution >= 0.6 is 11.8 Å². The minimum Gasteiger partial charge on any atom is -0.323 e. The SMILES string of the molecule is C=CCn1c(SC(C)C(=O)N2CC(=O)Nc3ccccc32)nnc1C1CCS(=O)(=O)C1. The lowest BCUT2D eigenvalue weighted by molar-refractivity contribution is -0.121. The number of thioether (sulfide) groups is 1. The maximum Gasteiger partial charge on any atom is 0.244 e. The number of anilines is 2. The van der Waals surface area contributed by atoms with Gasteiger partial charge < -0.3 is 9.88 Å². The summed E-state index contributed by atoms with van der Waals surface area (Å²) in [6.07, 6.45) is 2.20. The molecule has 9 nitrogen and oxygen atoms in total. The number of nitrogens with one attached hydrogen (secondary N) is 1. The van der Waals surface area contributed by atoms with Crippen molar-refractivity contribution in [1.29, 1.82) is 0 Å². The number of rotatable bonds is 6. The van der Waals surface area contributed by atoms with E-state index in [0.29, 0.717) is 35.3 Å². The van der Waals surface area contributed by atoms with Crippen LogP contribution in [0.15, 0.2) is 42.1 Å². The van der Waals surface area contributed by atoms with Gasteiger partial charge in [-0.1, -0.05) is 30.0 Å². The van der Waals surface area contributed by atoms with Crippen molar-refractivity contribution < 1.29 is 18.0 Å². The van der Waals surface area contributed by atoms with Gasteiger partial charge in [-0.05, 0) is 25.5 Å². The predicted molar refractivity (Wildman–Crippen MR) is 119 cm³/mol. The average molecular weight is 462 g/mol. The van der Waals surface area contributed by atoms with Crippen LogP contribution in [0.5, 0.6) is 0 Å². The molecule has 2 unspecified atom stereocenters. The Bertz CT molecular complexity index is 1140. The van der Waals surface area contributed by atoms with Crippen molar-refractivity contribution in [2.45, 2.75) is 36.2 Å². The molecular formula is C20H23N5O4S2. The molecule has 0 saturated carbocycles. The highest BCUT2D eigenvalue weighted by Gasteiger charge is 2.34. The van der Waals surface area contributed by atoms with Crippen molar-refractivity contribution in [2.24, 2.45) is 0 Å². The Morgan fingerprint density at radius 1 is 1.39 bits per heavy atom. The molecule has 2 aliphatic heterocycles. The molecule has 3 heterocycles. The van der Waals surface area contributed by atoms with Crippen molar-refractivity contribution >= 4 is 44.8 Å². The van der Waals surface area contributed by atoms with Crippen LogP contribution in [0.2, 0.25) is 0 Å². The van der Waals surface area contributed by atoms with Gasteiger partial charge in [0.2, 0.25) is 11.8 Å².